The fourth-order valence-corrected chi connectivity index (χ4v) is 2.71. The number of carbonyl (C=O) groups excluding carboxylic acids is 1. The van der Waals surface area contributed by atoms with Crippen molar-refractivity contribution in [2.75, 3.05) is 11.4 Å². The Morgan fingerprint density at radius 3 is 2.67 bits per heavy atom. The second-order valence-electron chi connectivity index (χ2n) is 5.97. The van der Waals surface area contributed by atoms with Crippen molar-refractivity contribution >= 4 is 11.6 Å². The number of carbonyl (C=O) groups is 1. The van der Waals surface area contributed by atoms with Crippen molar-refractivity contribution in [3.05, 3.63) is 66.0 Å². The van der Waals surface area contributed by atoms with E-state index in [1.54, 1.807) is 23.1 Å². The summed E-state index contributed by atoms with van der Waals surface area (Å²) in [6, 6.07) is 10.6. The lowest BCUT2D eigenvalue weighted by atomic mass is 10.0. The lowest BCUT2D eigenvalue weighted by Gasteiger charge is -2.34. The highest BCUT2D eigenvalue weighted by Crippen LogP contribution is 2.37. The molecule has 2 aromatic rings. The Bertz CT molecular complexity index is 786. The number of nitrogens with zero attached hydrogens (tertiary/aromatic N) is 1. The van der Waals surface area contributed by atoms with Crippen molar-refractivity contribution in [3.8, 4) is 11.5 Å². The zero-order chi connectivity index (χ0) is 17.3. The molecular weight excluding hydrogens is 309 g/mol. The van der Waals surface area contributed by atoms with E-state index in [1.165, 1.54) is 24.3 Å². The van der Waals surface area contributed by atoms with Crippen LogP contribution in [0.4, 0.5) is 10.1 Å². The van der Waals surface area contributed by atoms with Gasteiger partial charge in [0.1, 0.15) is 17.3 Å². The van der Waals surface area contributed by atoms with Crippen LogP contribution in [0.15, 0.2) is 54.6 Å². The molecule has 0 fully saturated rings. The summed E-state index contributed by atoms with van der Waals surface area (Å²) in [5.41, 5.74) is 2.24. The van der Waals surface area contributed by atoms with E-state index in [0.717, 1.165) is 11.1 Å². The molecule has 1 aliphatic heterocycles. The molecule has 0 aromatic heterocycles. The number of fused-ring (bicyclic) bond motifs is 1. The lowest BCUT2D eigenvalue weighted by Crippen LogP contribution is -2.47. The van der Waals surface area contributed by atoms with Crippen molar-refractivity contribution < 1.29 is 19.0 Å². The van der Waals surface area contributed by atoms with Crippen LogP contribution < -0.4 is 9.64 Å². The van der Waals surface area contributed by atoms with Crippen LogP contribution in [0.5, 0.6) is 11.5 Å². The second kappa shape index (κ2) is 6.35. The number of ether oxygens (including phenoxy) is 1. The third kappa shape index (κ3) is 3.25. The number of phenolic OH excluding ortho intramolecular Hbond substituents is 1. The van der Waals surface area contributed by atoms with Crippen molar-refractivity contribution in [1.82, 2.24) is 0 Å². The van der Waals surface area contributed by atoms with Gasteiger partial charge >= 0.3 is 0 Å². The molecule has 0 saturated heterocycles. The number of amides is 1. The fourth-order valence-electron chi connectivity index (χ4n) is 2.71. The van der Waals surface area contributed by atoms with Crippen LogP contribution in [-0.2, 0) is 11.2 Å². The average molecular weight is 327 g/mol. The summed E-state index contributed by atoms with van der Waals surface area (Å²) in [4.78, 5) is 14.4. The van der Waals surface area contributed by atoms with Gasteiger partial charge in [-0.05, 0) is 36.8 Å². The van der Waals surface area contributed by atoms with E-state index in [1.807, 2.05) is 6.92 Å². The van der Waals surface area contributed by atoms with E-state index in [9.17, 15) is 14.3 Å². The topological polar surface area (TPSA) is 49.8 Å². The van der Waals surface area contributed by atoms with E-state index in [4.69, 9.17) is 4.74 Å². The Hall–Kier alpha value is -2.82. The van der Waals surface area contributed by atoms with Gasteiger partial charge in [0.15, 0.2) is 6.10 Å². The number of aromatic hydroxyl groups is 1. The number of hydrogen-bond donors (Lipinski definition) is 1. The average Bonchev–Trinajstić information content (AvgIpc) is 2.53. The van der Waals surface area contributed by atoms with Gasteiger partial charge in [-0.25, -0.2) is 4.39 Å². The molecule has 0 aliphatic carbocycles. The minimum Gasteiger partial charge on any atom is -0.508 e. The number of halogens is 1. The monoisotopic (exact) mass is 327 g/mol. The maximum Gasteiger partial charge on any atom is 0.268 e. The SMILES string of the molecule is C=C(C)CN1C(=O)C(Cc2ccc(F)cc2)Oc2cc(O)ccc21. The molecule has 24 heavy (non-hydrogen) atoms. The molecule has 5 heteroatoms. The molecule has 1 amide bonds. The summed E-state index contributed by atoms with van der Waals surface area (Å²) in [7, 11) is 0. The summed E-state index contributed by atoms with van der Waals surface area (Å²) in [6.07, 6.45) is -0.412. The molecule has 3 rings (SSSR count). The fraction of sp³-hybridized carbons (Fsp3) is 0.211. The first-order valence-corrected chi connectivity index (χ1v) is 7.64. The molecule has 124 valence electrons. The highest BCUT2D eigenvalue weighted by Gasteiger charge is 2.34. The number of hydrogen-bond acceptors (Lipinski definition) is 3. The maximum atomic E-state index is 13.0. The first-order valence-electron chi connectivity index (χ1n) is 7.64. The smallest absolute Gasteiger partial charge is 0.268 e. The van der Waals surface area contributed by atoms with Gasteiger partial charge in [-0.1, -0.05) is 24.3 Å². The van der Waals surface area contributed by atoms with E-state index < -0.39 is 6.10 Å². The highest BCUT2D eigenvalue weighted by molar-refractivity contribution is 6.00. The third-order valence-electron chi connectivity index (χ3n) is 3.81. The highest BCUT2D eigenvalue weighted by atomic mass is 19.1. The summed E-state index contributed by atoms with van der Waals surface area (Å²) < 4.78 is 18.8. The van der Waals surface area contributed by atoms with Crippen LogP contribution in [-0.4, -0.2) is 23.7 Å². The molecule has 0 saturated carbocycles. The van der Waals surface area contributed by atoms with Crippen LogP contribution in [0, 0.1) is 5.82 Å². The van der Waals surface area contributed by atoms with E-state index in [2.05, 4.69) is 6.58 Å². The largest absolute Gasteiger partial charge is 0.508 e. The third-order valence-corrected chi connectivity index (χ3v) is 3.81. The molecule has 2 aromatic carbocycles. The summed E-state index contributed by atoms with van der Waals surface area (Å²) >= 11 is 0. The molecule has 1 unspecified atom stereocenters. The van der Waals surface area contributed by atoms with Gasteiger partial charge in [0, 0.05) is 19.0 Å². The zero-order valence-corrected chi connectivity index (χ0v) is 13.3. The summed E-state index contributed by atoms with van der Waals surface area (Å²) in [5.74, 6) is 0.0104. The molecule has 1 atom stereocenters. The van der Waals surface area contributed by atoms with Gasteiger partial charge in [0.05, 0.1) is 5.69 Å². The van der Waals surface area contributed by atoms with Crippen molar-refractivity contribution in [1.29, 1.82) is 0 Å². The van der Waals surface area contributed by atoms with Crippen molar-refractivity contribution in [2.24, 2.45) is 0 Å². The minimum atomic E-state index is -0.732. The van der Waals surface area contributed by atoms with Crippen LogP contribution in [0.25, 0.3) is 0 Å². The van der Waals surface area contributed by atoms with Crippen molar-refractivity contribution in [2.45, 2.75) is 19.4 Å². The second-order valence-corrected chi connectivity index (χ2v) is 5.97. The Morgan fingerprint density at radius 2 is 2.00 bits per heavy atom. The van der Waals surface area contributed by atoms with Crippen LogP contribution in [0.2, 0.25) is 0 Å². The Kier molecular flexibility index (Phi) is 4.25. The Labute approximate surface area is 139 Å². The van der Waals surface area contributed by atoms with E-state index >= 15 is 0 Å². The van der Waals surface area contributed by atoms with Gasteiger partial charge in [0.25, 0.3) is 5.91 Å². The van der Waals surface area contributed by atoms with Crippen LogP contribution in [0.1, 0.15) is 12.5 Å². The standard InChI is InChI=1S/C19H18FNO3/c1-12(2)11-21-16-8-7-15(22)10-17(16)24-18(19(21)23)9-13-3-5-14(20)6-4-13/h3-8,10,18,22H,1,9,11H2,2H3. The maximum absolute atomic E-state index is 13.0. The molecule has 4 nitrogen and oxygen atoms in total. The number of phenols is 1. The number of benzene rings is 2. The predicted molar refractivity (Wildman–Crippen MR) is 89.8 cm³/mol. The molecule has 0 bridgehead atoms. The molecule has 1 aliphatic rings. The van der Waals surface area contributed by atoms with Gasteiger partial charge < -0.3 is 14.7 Å². The first-order chi connectivity index (χ1) is 11.4. The molecule has 0 radical (unpaired) electrons. The molecule has 1 N–H and O–H groups in total. The Morgan fingerprint density at radius 1 is 1.29 bits per heavy atom. The quantitative estimate of drug-likeness (QED) is 0.875. The van der Waals surface area contributed by atoms with Gasteiger partial charge in [-0.2, -0.15) is 0 Å². The molecular formula is C19H18FNO3. The van der Waals surface area contributed by atoms with Crippen LogP contribution >= 0.6 is 0 Å². The number of anilines is 1. The normalized spacial score (nSPS) is 16.5. The molecule has 0 spiro atoms. The summed E-state index contributed by atoms with van der Waals surface area (Å²) in [6.45, 7) is 6.09. The van der Waals surface area contributed by atoms with E-state index in [0.29, 0.717) is 24.4 Å². The van der Waals surface area contributed by atoms with Gasteiger partial charge in [-0.3, -0.25) is 4.79 Å². The predicted octanol–water partition coefficient (Wildman–Crippen LogP) is 3.44. The molecule has 1 heterocycles. The van der Waals surface area contributed by atoms with E-state index in [-0.39, 0.29) is 17.5 Å². The lowest BCUT2D eigenvalue weighted by molar-refractivity contribution is -0.126. The first kappa shape index (κ1) is 16.1. The number of rotatable bonds is 4. The van der Waals surface area contributed by atoms with Crippen molar-refractivity contribution in [3.63, 3.8) is 0 Å². The summed E-state index contributed by atoms with van der Waals surface area (Å²) in [5, 5.41) is 9.69. The van der Waals surface area contributed by atoms with Gasteiger partial charge in [0.2, 0.25) is 0 Å². The Balaban J connectivity index is 1.92. The van der Waals surface area contributed by atoms with Crippen LogP contribution in [0.3, 0.4) is 0 Å². The van der Waals surface area contributed by atoms with Gasteiger partial charge in [-0.15, -0.1) is 0 Å². The minimum absolute atomic E-state index is 0.0684. The zero-order valence-electron chi connectivity index (χ0n) is 13.3.